The third-order valence-corrected chi connectivity index (χ3v) is 2.03. The second-order valence-corrected chi connectivity index (χ2v) is 3.50. The van der Waals surface area contributed by atoms with Crippen molar-refractivity contribution in [3.8, 4) is 6.07 Å². The maximum absolute atomic E-state index is 10.5. The average molecular weight is 219 g/mol. The van der Waals surface area contributed by atoms with Gasteiger partial charge in [-0.15, -0.1) is 0 Å². The Balaban J connectivity index is 4.30. The van der Waals surface area contributed by atoms with Crippen LogP contribution in [0.3, 0.4) is 0 Å². The summed E-state index contributed by atoms with van der Waals surface area (Å²) in [6, 6.07) is 1.61. The highest BCUT2D eigenvalue weighted by Gasteiger charge is 2.01. The zero-order valence-electron chi connectivity index (χ0n) is 9.73. The topological polar surface area (TPSA) is 61.1 Å². The van der Waals surface area contributed by atoms with E-state index in [0.29, 0.717) is 0 Å². The van der Waals surface area contributed by atoms with Crippen LogP contribution in [0.2, 0.25) is 0 Å². The maximum Gasteiger partial charge on any atom is 0.346 e. The number of aliphatic carboxylic acids is 1. The molecule has 0 aromatic carbocycles. The summed E-state index contributed by atoms with van der Waals surface area (Å²) in [5.41, 5.74) is 0.996. The van der Waals surface area contributed by atoms with Crippen molar-refractivity contribution in [3.63, 3.8) is 0 Å². The van der Waals surface area contributed by atoms with Gasteiger partial charge in [-0.2, -0.15) is 5.26 Å². The summed E-state index contributed by atoms with van der Waals surface area (Å²) in [5, 5.41) is 17.0. The minimum Gasteiger partial charge on any atom is -0.477 e. The van der Waals surface area contributed by atoms with Crippen LogP contribution in [-0.4, -0.2) is 11.1 Å². The van der Waals surface area contributed by atoms with Gasteiger partial charge in [0, 0.05) is 0 Å². The van der Waals surface area contributed by atoms with E-state index in [4.69, 9.17) is 10.4 Å². The molecule has 86 valence electrons. The van der Waals surface area contributed by atoms with E-state index in [0.717, 1.165) is 19.3 Å². The van der Waals surface area contributed by atoms with Crippen molar-refractivity contribution in [2.24, 2.45) is 0 Å². The predicted molar refractivity (Wildman–Crippen MR) is 63.8 cm³/mol. The lowest BCUT2D eigenvalue weighted by Gasteiger charge is -1.95. The monoisotopic (exact) mass is 219 g/mol. The molecular formula is C13H17NO2. The van der Waals surface area contributed by atoms with Gasteiger partial charge in [0.25, 0.3) is 0 Å². The number of rotatable bonds is 6. The maximum atomic E-state index is 10.5. The molecule has 0 unspecified atom stereocenters. The highest BCUT2D eigenvalue weighted by atomic mass is 16.4. The van der Waals surface area contributed by atoms with Crippen LogP contribution in [0.25, 0.3) is 0 Å². The van der Waals surface area contributed by atoms with Gasteiger partial charge in [-0.05, 0) is 25.8 Å². The van der Waals surface area contributed by atoms with Crippen molar-refractivity contribution >= 4 is 5.97 Å². The molecule has 0 amide bonds. The zero-order chi connectivity index (χ0) is 12.4. The summed E-state index contributed by atoms with van der Waals surface area (Å²) in [5.74, 6) is -1.20. The molecule has 0 heterocycles. The molecule has 16 heavy (non-hydrogen) atoms. The number of unbranched alkanes of at least 4 members (excludes halogenated alkanes) is 1. The third kappa shape index (κ3) is 6.61. The Bertz CT molecular complexity index is 357. The summed E-state index contributed by atoms with van der Waals surface area (Å²) in [7, 11) is 0. The van der Waals surface area contributed by atoms with Crippen molar-refractivity contribution in [2.75, 3.05) is 0 Å². The first-order valence-electron chi connectivity index (χ1n) is 5.29. The molecule has 0 rings (SSSR count). The van der Waals surface area contributed by atoms with Crippen LogP contribution in [-0.2, 0) is 4.79 Å². The molecule has 0 aliphatic carbocycles. The molecule has 0 aromatic heterocycles. The van der Waals surface area contributed by atoms with Crippen LogP contribution in [0.4, 0.5) is 0 Å². The van der Waals surface area contributed by atoms with Gasteiger partial charge in [0.2, 0.25) is 0 Å². The Kier molecular flexibility index (Phi) is 7.52. The van der Waals surface area contributed by atoms with Crippen LogP contribution >= 0.6 is 0 Å². The first-order valence-corrected chi connectivity index (χ1v) is 5.29. The van der Waals surface area contributed by atoms with E-state index >= 15 is 0 Å². The highest BCUT2D eigenvalue weighted by Crippen LogP contribution is 2.05. The lowest BCUT2D eigenvalue weighted by atomic mass is 10.1. The van der Waals surface area contributed by atoms with Crippen LogP contribution in [0, 0.1) is 11.3 Å². The molecule has 0 radical (unpaired) electrons. The number of carbonyl (C=O) groups is 1. The van der Waals surface area contributed by atoms with E-state index in [1.165, 1.54) is 11.6 Å². The number of carboxylic acid groups (broad SMARTS) is 1. The Morgan fingerprint density at radius 2 is 2.00 bits per heavy atom. The van der Waals surface area contributed by atoms with Gasteiger partial charge in [0.15, 0.2) is 0 Å². The molecule has 0 fully saturated rings. The molecular weight excluding hydrogens is 202 g/mol. The van der Waals surface area contributed by atoms with Gasteiger partial charge < -0.3 is 5.11 Å². The molecule has 0 saturated heterocycles. The first-order chi connectivity index (χ1) is 7.61. The van der Waals surface area contributed by atoms with E-state index in [2.05, 4.69) is 6.92 Å². The SMILES string of the molecule is CCCCC(C)=CC=CC=C(C#N)C(=O)O. The standard InChI is InChI=1S/C13H17NO2/c1-3-4-7-11(2)8-5-6-9-12(10-14)13(15)16/h5-6,8-9H,3-4,7H2,1-2H3,(H,15,16). The summed E-state index contributed by atoms with van der Waals surface area (Å²) in [6.45, 7) is 4.17. The molecule has 0 aromatic rings. The van der Waals surface area contributed by atoms with Crippen molar-refractivity contribution in [1.29, 1.82) is 5.26 Å². The van der Waals surface area contributed by atoms with Crippen LogP contribution in [0.1, 0.15) is 33.1 Å². The van der Waals surface area contributed by atoms with Crippen molar-refractivity contribution in [2.45, 2.75) is 33.1 Å². The summed E-state index contributed by atoms with van der Waals surface area (Å²) >= 11 is 0. The smallest absolute Gasteiger partial charge is 0.346 e. The van der Waals surface area contributed by atoms with Gasteiger partial charge in [-0.3, -0.25) is 0 Å². The highest BCUT2D eigenvalue weighted by molar-refractivity contribution is 5.91. The fourth-order valence-corrected chi connectivity index (χ4v) is 1.07. The molecule has 3 heteroatoms. The summed E-state index contributed by atoms with van der Waals surface area (Å²) < 4.78 is 0. The number of carboxylic acids is 1. The van der Waals surface area contributed by atoms with E-state index in [1.54, 1.807) is 18.2 Å². The molecule has 0 bridgehead atoms. The molecule has 3 nitrogen and oxygen atoms in total. The second-order valence-electron chi connectivity index (χ2n) is 3.50. The van der Waals surface area contributed by atoms with E-state index < -0.39 is 5.97 Å². The number of allylic oxidation sites excluding steroid dienone is 5. The van der Waals surface area contributed by atoms with Crippen LogP contribution < -0.4 is 0 Å². The van der Waals surface area contributed by atoms with Crippen molar-refractivity contribution in [1.82, 2.24) is 0 Å². The third-order valence-electron chi connectivity index (χ3n) is 2.03. The van der Waals surface area contributed by atoms with E-state index in [1.807, 2.05) is 13.0 Å². The summed E-state index contributed by atoms with van der Waals surface area (Å²) in [4.78, 5) is 10.5. The number of hydrogen-bond donors (Lipinski definition) is 1. The Morgan fingerprint density at radius 1 is 1.38 bits per heavy atom. The fraction of sp³-hybridized carbons (Fsp3) is 0.385. The Labute approximate surface area is 96.4 Å². The quantitative estimate of drug-likeness (QED) is 0.424. The van der Waals surface area contributed by atoms with E-state index in [9.17, 15) is 4.79 Å². The van der Waals surface area contributed by atoms with Gasteiger partial charge in [-0.25, -0.2) is 4.79 Å². The zero-order valence-corrected chi connectivity index (χ0v) is 9.73. The van der Waals surface area contributed by atoms with Gasteiger partial charge >= 0.3 is 5.97 Å². The van der Waals surface area contributed by atoms with Gasteiger partial charge in [-0.1, -0.05) is 37.1 Å². The van der Waals surface area contributed by atoms with Crippen LogP contribution in [0.5, 0.6) is 0 Å². The van der Waals surface area contributed by atoms with Crippen molar-refractivity contribution < 1.29 is 9.90 Å². The first kappa shape index (κ1) is 14.2. The molecule has 0 spiro atoms. The number of nitriles is 1. The Morgan fingerprint density at radius 3 is 2.50 bits per heavy atom. The lowest BCUT2D eigenvalue weighted by molar-refractivity contribution is -0.132. The lowest BCUT2D eigenvalue weighted by Crippen LogP contribution is -1.96. The van der Waals surface area contributed by atoms with Gasteiger partial charge in [0.1, 0.15) is 11.6 Å². The number of nitrogens with zero attached hydrogens (tertiary/aromatic N) is 1. The predicted octanol–water partition coefficient (Wildman–Crippen LogP) is 3.21. The molecule has 0 aliphatic heterocycles. The van der Waals surface area contributed by atoms with Gasteiger partial charge in [0.05, 0.1) is 0 Å². The minimum atomic E-state index is -1.20. The largest absolute Gasteiger partial charge is 0.477 e. The molecule has 0 atom stereocenters. The van der Waals surface area contributed by atoms with Crippen molar-refractivity contribution in [3.05, 3.63) is 35.5 Å². The van der Waals surface area contributed by atoms with Crippen LogP contribution in [0.15, 0.2) is 35.5 Å². The van der Waals surface area contributed by atoms with E-state index in [-0.39, 0.29) is 5.57 Å². The molecule has 0 aliphatic rings. The normalized spacial score (nSPS) is 12.8. The average Bonchev–Trinajstić information content (AvgIpc) is 2.25. The minimum absolute atomic E-state index is 0.254. The fourth-order valence-electron chi connectivity index (χ4n) is 1.07. The second kappa shape index (κ2) is 8.49. The molecule has 1 N–H and O–H groups in total. The Hall–Kier alpha value is -1.82. The summed E-state index contributed by atoms with van der Waals surface area (Å²) in [6.07, 6.45) is 9.92. The molecule has 0 saturated carbocycles. The number of hydrogen-bond acceptors (Lipinski definition) is 2.